The van der Waals surface area contributed by atoms with Gasteiger partial charge in [-0.25, -0.2) is 14.4 Å². The predicted molar refractivity (Wildman–Crippen MR) is 99.9 cm³/mol. The van der Waals surface area contributed by atoms with Gasteiger partial charge in [-0.3, -0.25) is 4.79 Å². The number of halogens is 1. The monoisotopic (exact) mass is 366 g/mol. The van der Waals surface area contributed by atoms with E-state index in [1.807, 2.05) is 24.3 Å². The van der Waals surface area contributed by atoms with Crippen LogP contribution in [0.3, 0.4) is 0 Å². The molecule has 2 aromatic carbocycles. The summed E-state index contributed by atoms with van der Waals surface area (Å²) in [5.74, 6) is 0.629. The molecule has 1 amide bonds. The Labute approximate surface area is 156 Å². The summed E-state index contributed by atoms with van der Waals surface area (Å²) in [6.45, 7) is 0.858. The van der Waals surface area contributed by atoms with Crippen LogP contribution in [0.5, 0.6) is 5.75 Å². The molecular weight excluding hydrogens is 347 g/mol. The summed E-state index contributed by atoms with van der Waals surface area (Å²) < 4.78 is 18.0. The normalized spacial score (nSPS) is 10.3. The van der Waals surface area contributed by atoms with Gasteiger partial charge in [-0.15, -0.1) is 0 Å². The molecule has 1 heterocycles. The summed E-state index contributed by atoms with van der Waals surface area (Å²) in [4.78, 5) is 20.5. The number of ether oxygens (including phenoxy) is 1. The first-order chi connectivity index (χ1) is 13.1. The maximum atomic E-state index is 12.9. The standard InChI is InChI=1S/C20H19FN4O2/c1-27-18-8-4-15(5-9-18)11-23-20-24-12-16(13-25-20)19(26)22-10-14-2-6-17(21)7-3-14/h2-9,12-13H,10-11H2,1H3,(H,22,26)(H,23,24,25). The number of nitrogens with zero attached hydrogens (tertiary/aromatic N) is 2. The maximum absolute atomic E-state index is 12.9. The topological polar surface area (TPSA) is 76.1 Å². The minimum absolute atomic E-state index is 0.291. The van der Waals surface area contributed by atoms with Gasteiger partial charge in [0, 0.05) is 25.5 Å². The number of amides is 1. The van der Waals surface area contributed by atoms with Gasteiger partial charge < -0.3 is 15.4 Å². The lowest BCUT2D eigenvalue weighted by molar-refractivity contribution is 0.0950. The van der Waals surface area contributed by atoms with Crippen molar-refractivity contribution < 1.29 is 13.9 Å². The fourth-order valence-corrected chi connectivity index (χ4v) is 2.35. The number of hydrogen-bond donors (Lipinski definition) is 2. The molecule has 0 atom stereocenters. The molecule has 0 radical (unpaired) electrons. The number of nitrogens with one attached hydrogen (secondary N) is 2. The molecule has 0 fully saturated rings. The second kappa shape index (κ2) is 8.75. The number of carbonyl (C=O) groups is 1. The third kappa shape index (κ3) is 5.24. The summed E-state index contributed by atoms with van der Waals surface area (Å²) in [7, 11) is 1.62. The Bertz CT molecular complexity index is 881. The number of benzene rings is 2. The zero-order chi connectivity index (χ0) is 19.1. The lowest BCUT2D eigenvalue weighted by atomic mass is 10.2. The van der Waals surface area contributed by atoms with E-state index < -0.39 is 0 Å². The van der Waals surface area contributed by atoms with Gasteiger partial charge in [0.25, 0.3) is 5.91 Å². The first kappa shape index (κ1) is 18.3. The number of rotatable bonds is 7. The van der Waals surface area contributed by atoms with E-state index in [1.165, 1.54) is 24.5 Å². The molecule has 0 spiro atoms. The molecule has 7 heteroatoms. The van der Waals surface area contributed by atoms with Crippen molar-refractivity contribution in [1.82, 2.24) is 15.3 Å². The lowest BCUT2D eigenvalue weighted by Crippen LogP contribution is -2.23. The average molecular weight is 366 g/mol. The van der Waals surface area contributed by atoms with Crippen molar-refractivity contribution in [2.24, 2.45) is 0 Å². The summed E-state index contributed by atoms with van der Waals surface area (Å²) in [6, 6.07) is 13.6. The Morgan fingerprint density at radius 1 is 0.963 bits per heavy atom. The van der Waals surface area contributed by atoms with E-state index in [0.717, 1.165) is 16.9 Å². The van der Waals surface area contributed by atoms with Crippen molar-refractivity contribution in [3.05, 3.63) is 83.4 Å². The van der Waals surface area contributed by atoms with Gasteiger partial charge in [0.15, 0.2) is 0 Å². The fourth-order valence-electron chi connectivity index (χ4n) is 2.35. The van der Waals surface area contributed by atoms with Crippen molar-refractivity contribution in [1.29, 1.82) is 0 Å². The number of anilines is 1. The highest BCUT2D eigenvalue weighted by Crippen LogP contribution is 2.12. The Kier molecular flexibility index (Phi) is 5.94. The average Bonchev–Trinajstić information content (AvgIpc) is 2.72. The smallest absolute Gasteiger partial charge is 0.254 e. The summed E-state index contributed by atoms with van der Waals surface area (Å²) in [6.07, 6.45) is 2.92. The zero-order valence-corrected chi connectivity index (χ0v) is 14.8. The minimum atomic E-state index is -0.309. The number of methoxy groups -OCH3 is 1. The second-order valence-electron chi connectivity index (χ2n) is 5.81. The first-order valence-corrected chi connectivity index (χ1v) is 8.35. The van der Waals surface area contributed by atoms with E-state index in [9.17, 15) is 9.18 Å². The van der Waals surface area contributed by atoms with Crippen LogP contribution in [0.4, 0.5) is 10.3 Å². The van der Waals surface area contributed by atoms with Gasteiger partial charge in [-0.05, 0) is 35.4 Å². The van der Waals surface area contributed by atoms with E-state index in [-0.39, 0.29) is 11.7 Å². The van der Waals surface area contributed by atoms with Gasteiger partial charge in [0.2, 0.25) is 5.95 Å². The molecular formula is C20H19FN4O2. The van der Waals surface area contributed by atoms with E-state index in [0.29, 0.717) is 24.6 Å². The molecule has 0 aliphatic rings. The van der Waals surface area contributed by atoms with Gasteiger partial charge in [-0.1, -0.05) is 24.3 Å². The van der Waals surface area contributed by atoms with Gasteiger partial charge in [-0.2, -0.15) is 0 Å². The molecule has 6 nitrogen and oxygen atoms in total. The molecule has 0 saturated heterocycles. The predicted octanol–water partition coefficient (Wildman–Crippen LogP) is 3.17. The SMILES string of the molecule is COc1ccc(CNc2ncc(C(=O)NCc3ccc(F)cc3)cn2)cc1. The van der Waals surface area contributed by atoms with Gasteiger partial charge >= 0.3 is 0 Å². The van der Waals surface area contributed by atoms with E-state index in [4.69, 9.17) is 4.74 Å². The van der Waals surface area contributed by atoms with Crippen LogP contribution in [0.15, 0.2) is 60.9 Å². The molecule has 0 saturated carbocycles. The maximum Gasteiger partial charge on any atom is 0.254 e. The van der Waals surface area contributed by atoms with Crippen LogP contribution in [-0.2, 0) is 13.1 Å². The van der Waals surface area contributed by atoms with E-state index in [1.54, 1.807) is 19.2 Å². The molecule has 3 aromatic rings. The number of aromatic nitrogens is 2. The van der Waals surface area contributed by atoms with Crippen molar-refractivity contribution in [3.8, 4) is 5.75 Å². The largest absolute Gasteiger partial charge is 0.497 e. The molecule has 2 N–H and O–H groups in total. The van der Waals surface area contributed by atoms with Crippen LogP contribution in [0.1, 0.15) is 21.5 Å². The quantitative estimate of drug-likeness (QED) is 0.672. The molecule has 3 rings (SSSR count). The Hall–Kier alpha value is -3.48. The number of hydrogen-bond acceptors (Lipinski definition) is 5. The van der Waals surface area contributed by atoms with Crippen LogP contribution < -0.4 is 15.4 Å². The first-order valence-electron chi connectivity index (χ1n) is 8.35. The van der Waals surface area contributed by atoms with Crippen LogP contribution >= 0.6 is 0 Å². The highest BCUT2D eigenvalue weighted by Gasteiger charge is 2.07. The third-order valence-corrected chi connectivity index (χ3v) is 3.89. The second-order valence-corrected chi connectivity index (χ2v) is 5.81. The van der Waals surface area contributed by atoms with Gasteiger partial charge in [0.1, 0.15) is 11.6 Å². The van der Waals surface area contributed by atoms with Crippen molar-refractivity contribution in [3.63, 3.8) is 0 Å². The van der Waals surface area contributed by atoms with E-state index >= 15 is 0 Å². The Morgan fingerprint density at radius 2 is 1.56 bits per heavy atom. The van der Waals surface area contributed by atoms with Crippen LogP contribution in [0, 0.1) is 5.82 Å². The zero-order valence-electron chi connectivity index (χ0n) is 14.8. The molecule has 0 aliphatic carbocycles. The molecule has 0 unspecified atom stereocenters. The highest BCUT2D eigenvalue weighted by atomic mass is 19.1. The van der Waals surface area contributed by atoms with Gasteiger partial charge in [0.05, 0.1) is 12.7 Å². The van der Waals surface area contributed by atoms with Crippen molar-refractivity contribution in [2.75, 3.05) is 12.4 Å². The fraction of sp³-hybridized carbons (Fsp3) is 0.150. The highest BCUT2D eigenvalue weighted by molar-refractivity contribution is 5.93. The summed E-state index contributed by atoms with van der Waals surface area (Å²) in [5, 5.41) is 5.85. The molecule has 27 heavy (non-hydrogen) atoms. The number of carbonyl (C=O) groups excluding carboxylic acids is 1. The molecule has 0 bridgehead atoms. The van der Waals surface area contributed by atoms with Crippen LogP contribution in [0.25, 0.3) is 0 Å². The summed E-state index contributed by atoms with van der Waals surface area (Å²) in [5.41, 5.74) is 2.22. The lowest BCUT2D eigenvalue weighted by Gasteiger charge is -2.07. The van der Waals surface area contributed by atoms with E-state index in [2.05, 4.69) is 20.6 Å². The molecule has 0 aliphatic heterocycles. The van der Waals surface area contributed by atoms with Crippen LogP contribution in [-0.4, -0.2) is 23.0 Å². The van der Waals surface area contributed by atoms with Crippen molar-refractivity contribution in [2.45, 2.75) is 13.1 Å². The molecule has 1 aromatic heterocycles. The molecule has 138 valence electrons. The Morgan fingerprint density at radius 3 is 2.19 bits per heavy atom. The summed E-state index contributed by atoms with van der Waals surface area (Å²) >= 11 is 0. The third-order valence-electron chi connectivity index (χ3n) is 3.89. The Balaban J connectivity index is 1.51. The van der Waals surface area contributed by atoms with Crippen LogP contribution in [0.2, 0.25) is 0 Å². The minimum Gasteiger partial charge on any atom is -0.497 e. The van der Waals surface area contributed by atoms with Crippen molar-refractivity contribution >= 4 is 11.9 Å².